The molecule has 1 fully saturated rings. The molecule has 214 valence electrons. The largest absolute Gasteiger partial charge is 0.494 e. The van der Waals surface area contributed by atoms with Crippen LogP contribution in [-0.2, 0) is 19.7 Å². The molecule has 2 atom stereocenters. The van der Waals surface area contributed by atoms with Crippen molar-refractivity contribution in [2.45, 2.75) is 37.3 Å². The van der Waals surface area contributed by atoms with E-state index < -0.39 is 40.5 Å². The summed E-state index contributed by atoms with van der Waals surface area (Å²) in [6, 6.07) is 5.04. The predicted molar refractivity (Wildman–Crippen MR) is 145 cm³/mol. The van der Waals surface area contributed by atoms with Crippen LogP contribution < -0.4 is 21.1 Å². The summed E-state index contributed by atoms with van der Waals surface area (Å²) < 4.78 is 40.5. The number of amides is 2. The lowest BCUT2D eigenvalue weighted by atomic mass is 9.83. The molecule has 0 spiro atoms. The highest BCUT2D eigenvalue weighted by atomic mass is 19.1. The topological polar surface area (TPSA) is 160 Å². The average molecular weight is 566 g/mol. The fourth-order valence-corrected chi connectivity index (χ4v) is 4.57. The number of nitrogens with zero attached hydrogens (tertiary/aromatic N) is 1. The van der Waals surface area contributed by atoms with Crippen molar-refractivity contribution in [2.75, 3.05) is 20.3 Å². The van der Waals surface area contributed by atoms with E-state index in [1.807, 2.05) is 0 Å². The summed E-state index contributed by atoms with van der Waals surface area (Å²) in [4.78, 5) is 29.7. The smallest absolute Gasteiger partial charge is 0.251 e. The van der Waals surface area contributed by atoms with Crippen molar-refractivity contribution in [3.05, 3.63) is 82.4 Å². The number of rotatable bonds is 9. The summed E-state index contributed by atoms with van der Waals surface area (Å²) in [5.74, 6) is -2.92. The summed E-state index contributed by atoms with van der Waals surface area (Å²) >= 11 is 0. The van der Waals surface area contributed by atoms with Gasteiger partial charge in [-0.1, -0.05) is 6.07 Å². The van der Waals surface area contributed by atoms with Gasteiger partial charge in [0.15, 0.2) is 0 Å². The minimum atomic E-state index is -1.43. The number of hydrogen-bond donors (Lipinski definition) is 5. The Bertz CT molecular complexity index is 1530. The van der Waals surface area contributed by atoms with Crippen LogP contribution >= 0.6 is 0 Å². The molecule has 41 heavy (non-hydrogen) atoms. The Balaban J connectivity index is 1.43. The van der Waals surface area contributed by atoms with Crippen molar-refractivity contribution < 1.29 is 33.0 Å². The van der Waals surface area contributed by atoms with Crippen LogP contribution in [0.15, 0.2) is 59.5 Å². The average Bonchev–Trinajstić information content (AvgIpc) is 3.71. The molecule has 1 aliphatic heterocycles. The molecule has 0 radical (unpaired) electrons. The molecule has 3 aliphatic rings. The van der Waals surface area contributed by atoms with Gasteiger partial charge in [0.25, 0.3) is 5.91 Å². The van der Waals surface area contributed by atoms with E-state index in [9.17, 15) is 23.5 Å². The summed E-state index contributed by atoms with van der Waals surface area (Å²) in [5.41, 5.74) is 4.51. The van der Waals surface area contributed by atoms with E-state index in [-0.39, 0.29) is 52.9 Å². The van der Waals surface area contributed by atoms with Crippen LogP contribution in [-0.4, -0.2) is 53.9 Å². The molecule has 1 saturated carbocycles. The molecule has 2 heterocycles. The Morgan fingerprint density at radius 2 is 2.02 bits per heavy atom. The molecular weight excluding hydrogens is 536 g/mol. The summed E-state index contributed by atoms with van der Waals surface area (Å²) in [5, 5.41) is 25.1. The molecule has 6 N–H and O–H groups in total. The summed E-state index contributed by atoms with van der Waals surface area (Å²) in [7, 11) is 1.40. The second kappa shape index (κ2) is 10.8. The second-order valence-corrected chi connectivity index (χ2v) is 10.3. The quantitative estimate of drug-likeness (QED) is 0.312. The highest BCUT2D eigenvalue weighted by molar-refractivity contribution is 6.15. The van der Waals surface area contributed by atoms with E-state index in [1.54, 1.807) is 6.20 Å². The van der Waals surface area contributed by atoms with E-state index >= 15 is 0 Å². The molecule has 10 nitrogen and oxygen atoms in total. The van der Waals surface area contributed by atoms with Gasteiger partial charge in [-0.15, -0.1) is 0 Å². The third kappa shape index (κ3) is 5.30. The van der Waals surface area contributed by atoms with Crippen LogP contribution in [0.5, 0.6) is 5.75 Å². The molecule has 1 aromatic heterocycles. The zero-order chi connectivity index (χ0) is 29.5. The number of carbonyl (C=O) groups excluding carboxylic acids is 2. The highest BCUT2D eigenvalue weighted by Crippen LogP contribution is 2.46. The van der Waals surface area contributed by atoms with Gasteiger partial charge in [0.2, 0.25) is 5.91 Å². The first-order valence-corrected chi connectivity index (χ1v) is 12.9. The van der Waals surface area contributed by atoms with Crippen molar-refractivity contribution in [1.82, 2.24) is 15.6 Å². The number of aliphatic hydroxyl groups excluding tert-OH is 1. The maximum Gasteiger partial charge on any atom is 0.251 e. The molecule has 2 aromatic rings. The number of nitrogens with two attached hydrogens (primary N) is 1. The first-order chi connectivity index (χ1) is 19.5. The number of carbonyl (C=O) groups is 2. The predicted octanol–water partition coefficient (Wildman–Crippen LogP) is 2.44. The third-order valence-electron chi connectivity index (χ3n) is 7.30. The van der Waals surface area contributed by atoms with Crippen molar-refractivity contribution in [3.63, 3.8) is 0 Å². The van der Waals surface area contributed by atoms with Crippen LogP contribution in [0.2, 0.25) is 0 Å². The fraction of sp³-hybridized carbons (Fsp3) is 0.310. The fourth-order valence-electron chi connectivity index (χ4n) is 4.57. The minimum Gasteiger partial charge on any atom is -0.494 e. The van der Waals surface area contributed by atoms with Gasteiger partial charge in [0, 0.05) is 35.5 Å². The Labute approximate surface area is 234 Å². The number of ether oxygens (including phenoxy) is 2. The number of nitrogens with one attached hydrogen (secondary N) is 3. The second-order valence-electron chi connectivity index (χ2n) is 10.3. The highest BCUT2D eigenvalue weighted by Gasteiger charge is 2.44. The Hall–Kier alpha value is -4.58. The Morgan fingerprint density at radius 1 is 1.32 bits per heavy atom. The van der Waals surface area contributed by atoms with Crippen molar-refractivity contribution >= 4 is 17.5 Å². The Kier molecular flexibility index (Phi) is 7.35. The van der Waals surface area contributed by atoms with Gasteiger partial charge >= 0.3 is 0 Å². The third-order valence-corrected chi connectivity index (χ3v) is 7.30. The molecule has 0 saturated heterocycles. The molecule has 2 aliphatic carbocycles. The molecule has 5 rings (SSSR count). The number of aromatic nitrogens is 1. The lowest BCUT2D eigenvalue weighted by Gasteiger charge is -2.21. The zero-order valence-corrected chi connectivity index (χ0v) is 22.4. The van der Waals surface area contributed by atoms with Gasteiger partial charge in [0.1, 0.15) is 52.7 Å². The number of methoxy groups -OCH3 is 1. The van der Waals surface area contributed by atoms with Crippen molar-refractivity contribution in [3.8, 4) is 17.0 Å². The van der Waals surface area contributed by atoms with Crippen LogP contribution in [0.25, 0.3) is 11.3 Å². The minimum absolute atomic E-state index is 0.0125. The van der Waals surface area contributed by atoms with Crippen LogP contribution in [0.3, 0.4) is 0 Å². The van der Waals surface area contributed by atoms with Gasteiger partial charge in [-0.3, -0.25) is 15.0 Å². The molecule has 2 amide bonds. The van der Waals surface area contributed by atoms with E-state index in [2.05, 4.69) is 15.6 Å². The summed E-state index contributed by atoms with van der Waals surface area (Å²) in [6.07, 6.45) is 5.25. The standard InChI is InChI=1S/C29H29F2N5O5/c1-29(28(33)39)13-41-26-17(29)10-20(36-25(26)23-18(30)4-3-5-19(23)31)21(37)12-35-27(38)14-8-15(11-34-16-6-7-16)24(32)22(9-14)40-2/h3-5,8-11,16,21,32,34,37H,6-7,12-13H2,1-2H3,(H2,33,39)(H,35,38)/b15-11-,32-24?/t21-,29+/m1/s1. The van der Waals surface area contributed by atoms with Gasteiger partial charge in [-0.05, 0) is 50.1 Å². The molecule has 1 aromatic carbocycles. The maximum atomic E-state index is 14.8. The normalized spacial score (nSPS) is 21.4. The van der Waals surface area contributed by atoms with Gasteiger partial charge < -0.3 is 30.9 Å². The zero-order valence-electron chi connectivity index (χ0n) is 22.4. The molecule has 12 heteroatoms. The van der Waals surface area contributed by atoms with E-state index in [0.717, 1.165) is 25.0 Å². The molecular formula is C29H29F2N5O5. The van der Waals surface area contributed by atoms with E-state index in [0.29, 0.717) is 11.6 Å². The van der Waals surface area contributed by atoms with E-state index in [4.69, 9.17) is 20.6 Å². The number of allylic oxidation sites excluding steroid dienone is 2. The number of aliphatic hydroxyl groups is 1. The number of primary amides is 1. The van der Waals surface area contributed by atoms with Crippen molar-refractivity contribution in [1.29, 1.82) is 5.41 Å². The van der Waals surface area contributed by atoms with Crippen LogP contribution in [0.4, 0.5) is 8.78 Å². The number of halogens is 2. The van der Waals surface area contributed by atoms with E-state index in [1.165, 1.54) is 38.3 Å². The first kappa shape index (κ1) is 28.0. The molecule has 0 unspecified atom stereocenters. The SMILES string of the molecule is COC1=CC(C(=O)NC[C@@H](O)c2cc3c(c(-c4c(F)cccc4F)n2)OC[C@]3(C)C(N)=O)=C/C(=C/NC2CC2)C1=N. The summed E-state index contributed by atoms with van der Waals surface area (Å²) in [6.45, 7) is 1.01. The van der Waals surface area contributed by atoms with Gasteiger partial charge in [-0.2, -0.15) is 0 Å². The van der Waals surface area contributed by atoms with Gasteiger partial charge in [0.05, 0.1) is 18.4 Å². The molecule has 0 bridgehead atoms. The lowest BCUT2D eigenvalue weighted by Crippen LogP contribution is -2.40. The number of benzene rings is 1. The Morgan fingerprint density at radius 3 is 2.66 bits per heavy atom. The van der Waals surface area contributed by atoms with Gasteiger partial charge in [-0.25, -0.2) is 13.8 Å². The first-order valence-electron chi connectivity index (χ1n) is 12.9. The maximum absolute atomic E-state index is 14.8. The van der Waals surface area contributed by atoms with Crippen molar-refractivity contribution in [2.24, 2.45) is 5.73 Å². The number of hydrogen-bond acceptors (Lipinski definition) is 8. The number of pyridine rings is 1. The van der Waals surface area contributed by atoms with Crippen LogP contribution in [0, 0.1) is 17.0 Å². The van der Waals surface area contributed by atoms with Crippen LogP contribution in [0.1, 0.15) is 37.1 Å². The monoisotopic (exact) mass is 565 g/mol. The number of fused-ring (bicyclic) bond motifs is 1. The lowest BCUT2D eigenvalue weighted by molar-refractivity contribution is -0.123.